The molecule has 24 heavy (non-hydrogen) atoms. The van der Waals surface area contributed by atoms with Gasteiger partial charge in [-0.2, -0.15) is 0 Å². The van der Waals surface area contributed by atoms with E-state index in [0.29, 0.717) is 21.1 Å². The summed E-state index contributed by atoms with van der Waals surface area (Å²) in [6.45, 7) is 3.29. The summed E-state index contributed by atoms with van der Waals surface area (Å²) in [5.74, 6) is 0. The van der Waals surface area contributed by atoms with E-state index in [0.717, 1.165) is 44.7 Å². The Morgan fingerprint density at radius 3 is 2.46 bits per heavy atom. The van der Waals surface area contributed by atoms with E-state index in [2.05, 4.69) is 29.2 Å². The maximum atomic E-state index is 6.37. The highest BCUT2D eigenvalue weighted by atomic mass is 35.5. The molecular weight excluding hydrogens is 365 g/mol. The third-order valence-electron chi connectivity index (χ3n) is 4.42. The van der Waals surface area contributed by atoms with Crippen molar-refractivity contribution in [1.29, 1.82) is 0 Å². The summed E-state index contributed by atoms with van der Waals surface area (Å²) in [4.78, 5) is 2.44. The monoisotopic (exact) mass is 383 g/mol. The van der Waals surface area contributed by atoms with Crippen molar-refractivity contribution in [2.24, 2.45) is 0 Å². The van der Waals surface area contributed by atoms with E-state index in [4.69, 9.17) is 39.5 Å². The van der Waals surface area contributed by atoms with Crippen LogP contribution in [0.4, 0.5) is 0 Å². The smallest absolute Gasteiger partial charge is 0.0622 e. The van der Waals surface area contributed by atoms with Gasteiger partial charge in [0, 0.05) is 30.8 Å². The molecule has 2 nitrogen and oxygen atoms in total. The molecule has 0 saturated carbocycles. The molecule has 2 aromatic carbocycles. The Morgan fingerprint density at radius 2 is 1.75 bits per heavy atom. The molecule has 128 valence electrons. The zero-order valence-corrected chi connectivity index (χ0v) is 15.6. The average molecular weight is 385 g/mol. The minimum absolute atomic E-state index is 0.416. The van der Waals surface area contributed by atoms with E-state index in [-0.39, 0.29) is 0 Å². The first-order valence-electron chi connectivity index (χ1n) is 8.12. The van der Waals surface area contributed by atoms with Gasteiger partial charge >= 0.3 is 0 Å². The number of ether oxygens (including phenoxy) is 1. The molecule has 0 aromatic heterocycles. The highest BCUT2D eigenvalue weighted by Crippen LogP contribution is 2.30. The van der Waals surface area contributed by atoms with Gasteiger partial charge in [0.2, 0.25) is 0 Å². The molecule has 1 fully saturated rings. The third-order valence-corrected chi connectivity index (χ3v) is 5.49. The molecule has 0 radical (unpaired) electrons. The first-order valence-corrected chi connectivity index (χ1v) is 9.26. The van der Waals surface area contributed by atoms with Crippen molar-refractivity contribution in [2.75, 3.05) is 19.8 Å². The van der Waals surface area contributed by atoms with Crippen molar-refractivity contribution in [1.82, 2.24) is 4.90 Å². The van der Waals surface area contributed by atoms with Crippen LogP contribution in [-0.4, -0.2) is 30.7 Å². The van der Waals surface area contributed by atoms with E-state index in [1.54, 1.807) is 6.07 Å². The molecule has 0 spiro atoms. The van der Waals surface area contributed by atoms with Crippen LogP contribution in [0.5, 0.6) is 0 Å². The molecule has 1 unspecified atom stereocenters. The van der Waals surface area contributed by atoms with Gasteiger partial charge in [-0.1, -0.05) is 65.1 Å². The van der Waals surface area contributed by atoms with Crippen molar-refractivity contribution < 1.29 is 4.74 Å². The van der Waals surface area contributed by atoms with E-state index in [1.165, 1.54) is 5.56 Å². The zero-order chi connectivity index (χ0) is 16.9. The van der Waals surface area contributed by atoms with Gasteiger partial charge in [-0.3, -0.25) is 4.90 Å². The van der Waals surface area contributed by atoms with Crippen molar-refractivity contribution in [3.63, 3.8) is 0 Å². The fraction of sp³-hybridized carbons (Fsp3) is 0.368. The Balaban J connectivity index is 1.74. The van der Waals surface area contributed by atoms with E-state index in [1.807, 2.05) is 12.1 Å². The van der Waals surface area contributed by atoms with Gasteiger partial charge in [-0.05, 0) is 36.1 Å². The normalized spacial score (nSPS) is 17.6. The topological polar surface area (TPSA) is 12.5 Å². The Labute approximate surface area is 158 Å². The summed E-state index contributed by atoms with van der Waals surface area (Å²) in [6.07, 6.45) is 2.05. The van der Waals surface area contributed by atoms with Gasteiger partial charge in [0.05, 0.1) is 16.7 Å². The highest BCUT2D eigenvalue weighted by Gasteiger charge is 2.24. The second-order valence-corrected chi connectivity index (χ2v) is 7.30. The first kappa shape index (κ1) is 18.0. The van der Waals surface area contributed by atoms with Crippen molar-refractivity contribution in [3.05, 3.63) is 68.7 Å². The number of hydrogen-bond donors (Lipinski definition) is 0. The molecular formula is C19H20Cl3NO. The second kappa shape index (κ2) is 8.55. The molecule has 1 heterocycles. The van der Waals surface area contributed by atoms with Gasteiger partial charge in [0.15, 0.2) is 0 Å². The number of benzene rings is 2. The fourth-order valence-electron chi connectivity index (χ4n) is 3.02. The maximum Gasteiger partial charge on any atom is 0.0622 e. The number of nitrogens with zero attached hydrogens (tertiary/aromatic N) is 1. The number of hydrogen-bond acceptors (Lipinski definition) is 2. The van der Waals surface area contributed by atoms with Crippen LogP contribution in [0.3, 0.4) is 0 Å². The lowest BCUT2D eigenvalue weighted by Crippen LogP contribution is -2.36. The molecule has 1 atom stereocenters. The average Bonchev–Trinajstić information content (AvgIpc) is 3.11. The summed E-state index contributed by atoms with van der Waals surface area (Å²) in [7, 11) is 0. The predicted octanol–water partition coefficient (Wildman–Crippen LogP) is 5.48. The highest BCUT2D eigenvalue weighted by molar-refractivity contribution is 6.43. The van der Waals surface area contributed by atoms with Crippen LogP contribution in [-0.2, 0) is 17.7 Å². The van der Waals surface area contributed by atoms with Gasteiger partial charge in [0.25, 0.3) is 0 Å². The van der Waals surface area contributed by atoms with Crippen LogP contribution in [0.25, 0.3) is 0 Å². The minimum Gasteiger partial charge on any atom is -0.380 e. The molecule has 0 N–H and O–H groups in total. The molecule has 1 saturated heterocycles. The summed E-state index contributed by atoms with van der Waals surface area (Å²) < 4.78 is 5.58. The number of rotatable bonds is 6. The lowest BCUT2D eigenvalue weighted by atomic mass is 10.1. The number of halogens is 3. The first-order chi connectivity index (χ1) is 11.6. The molecule has 1 aliphatic heterocycles. The minimum atomic E-state index is 0.416. The fourth-order valence-corrected chi connectivity index (χ4v) is 3.65. The molecule has 3 rings (SSSR count). The summed E-state index contributed by atoms with van der Waals surface area (Å²) in [5.41, 5.74) is 2.34. The van der Waals surface area contributed by atoms with Crippen molar-refractivity contribution >= 4 is 34.8 Å². The lowest BCUT2D eigenvalue weighted by Gasteiger charge is -2.28. The van der Waals surface area contributed by atoms with Crippen LogP contribution in [0, 0.1) is 0 Å². The summed E-state index contributed by atoms with van der Waals surface area (Å²) in [5, 5.41) is 1.69. The third kappa shape index (κ3) is 4.65. The second-order valence-electron chi connectivity index (χ2n) is 6.08. The van der Waals surface area contributed by atoms with Gasteiger partial charge in [-0.25, -0.2) is 0 Å². The van der Waals surface area contributed by atoms with Crippen LogP contribution < -0.4 is 0 Å². The standard InChI is InChI=1S/C19H20Cl3NO/c20-17-11-19(22)18(21)10-15(17)12-23(16-7-9-24-13-16)8-6-14-4-2-1-3-5-14/h1-5,10-11,16H,6-9,12-13H2. The zero-order valence-electron chi connectivity index (χ0n) is 13.4. The molecule has 5 heteroatoms. The Morgan fingerprint density at radius 1 is 1.00 bits per heavy atom. The Hall–Kier alpha value is -0.770. The Bertz CT molecular complexity index is 672. The molecule has 2 aromatic rings. The van der Waals surface area contributed by atoms with E-state index < -0.39 is 0 Å². The van der Waals surface area contributed by atoms with Crippen LogP contribution >= 0.6 is 34.8 Å². The van der Waals surface area contributed by atoms with Crippen LogP contribution in [0.2, 0.25) is 15.1 Å². The molecule has 1 aliphatic rings. The van der Waals surface area contributed by atoms with Gasteiger partial charge in [-0.15, -0.1) is 0 Å². The molecule has 0 amide bonds. The Kier molecular flexibility index (Phi) is 6.43. The van der Waals surface area contributed by atoms with Gasteiger partial charge < -0.3 is 4.74 Å². The van der Waals surface area contributed by atoms with Crippen molar-refractivity contribution in [2.45, 2.75) is 25.4 Å². The quantitative estimate of drug-likeness (QED) is 0.611. The summed E-state index contributed by atoms with van der Waals surface area (Å²) in [6, 6.07) is 14.5. The largest absolute Gasteiger partial charge is 0.380 e. The van der Waals surface area contributed by atoms with Gasteiger partial charge in [0.1, 0.15) is 0 Å². The summed E-state index contributed by atoms with van der Waals surface area (Å²) >= 11 is 18.6. The van der Waals surface area contributed by atoms with Crippen LogP contribution in [0.1, 0.15) is 17.5 Å². The van der Waals surface area contributed by atoms with Crippen LogP contribution in [0.15, 0.2) is 42.5 Å². The van der Waals surface area contributed by atoms with Crippen molar-refractivity contribution in [3.8, 4) is 0 Å². The molecule has 0 bridgehead atoms. The predicted molar refractivity (Wildman–Crippen MR) is 101 cm³/mol. The maximum absolute atomic E-state index is 6.37. The SMILES string of the molecule is Clc1cc(Cl)c(CN(CCc2ccccc2)C2CCOC2)cc1Cl. The molecule has 0 aliphatic carbocycles. The lowest BCUT2D eigenvalue weighted by molar-refractivity contribution is 0.140. The van der Waals surface area contributed by atoms with E-state index in [9.17, 15) is 0 Å². The van der Waals surface area contributed by atoms with E-state index >= 15 is 0 Å².